The summed E-state index contributed by atoms with van der Waals surface area (Å²) in [6, 6.07) is 0. The standard InChI is InChI=1S/C13H12F4N2O/c1-3-9(4-10(15)11(16)5-14)6-19-7-12(17)13(20)18-8(19)2/h3-5,7H,6H2,1-2H3/b9-3+,10-4+,11-5-. The maximum absolute atomic E-state index is 13.2. The molecule has 20 heavy (non-hydrogen) atoms. The molecule has 0 bridgehead atoms. The van der Waals surface area contributed by atoms with Gasteiger partial charge < -0.3 is 4.57 Å². The van der Waals surface area contributed by atoms with E-state index in [1.165, 1.54) is 17.6 Å². The minimum Gasteiger partial charge on any atom is -0.329 e. The van der Waals surface area contributed by atoms with Crippen LogP contribution in [0.1, 0.15) is 12.7 Å². The van der Waals surface area contributed by atoms with Gasteiger partial charge in [0.25, 0.3) is 0 Å². The molecule has 0 N–H and O–H groups in total. The van der Waals surface area contributed by atoms with Gasteiger partial charge in [0.15, 0.2) is 11.7 Å². The summed E-state index contributed by atoms with van der Waals surface area (Å²) in [4.78, 5) is 14.4. The van der Waals surface area contributed by atoms with Crippen molar-refractivity contribution in [2.45, 2.75) is 20.4 Å². The van der Waals surface area contributed by atoms with Gasteiger partial charge in [-0.3, -0.25) is 4.79 Å². The predicted octanol–water partition coefficient (Wildman–Crippen LogP) is 3.27. The van der Waals surface area contributed by atoms with Gasteiger partial charge in [-0.1, -0.05) is 6.08 Å². The second kappa shape index (κ2) is 6.83. The van der Waals surface area contributed by atoms with Crippen molar-refractivity contribution >= 4 is 0 Å². The van der Waals surface area contributed by atoms with Crippen molar-refractivity contribution < 1.29 is 17.6 Å². The van der Waals surface area contributed by atoms with Gasteiger partial charge in [0.1, 0.15) is 12.2 Å². The van der Waals surface area contributed by atoms with Gasteiger partial charge in [-0.15, -0.1) is 0 Å². The molecular formula is C13H12F4N2O. The molecule has 0 aliphatic heterocycles. The summed E-state index contributed by atoms with van der Waals surface area (Å²) in [6.07, 6.45) is 2.65. The second-order valence-corrected chi connectivity index (χ2v) is 3.88. The lowest BCUT2D eigenvalue weighted by atomic mass is 10.2. The minimum atomic E-state index is -1.63. The largest absolute Gasteiger partial charge is 0.329 e. The van der Waals surface area contributed by atoms with E-state index in [1.807, 2.05) is 0 Å². The van der Waals surface area contributed by atoms with Gasteiger partial charge in [0.05, 0.1) is 0 Å². The number of aromatic nitrogens is 2. The molecule has 0 aromatic carbocycles. The van der Waals surface area contributed by atoms with Crippen LogP contribution in [0.2, 0.25) is 0 Å². The highest BCUT2D eigenvalue weighted by Crippen LogP contribution is 2.17. The highest BCUT2D eigenvalue weighted by atomic mass is 19.2. The molecule has 0 atom stereocenters. The van der Waals surface area contributed by atoms with Crippen molar-refractivity contribution in [3.63, 3.8) is 0 Å². The Bertz CT molecular complexity index is 644. The summed E-state index contributed by atoms with van der Waals surface area (Å²) >= 11 is 0. The van der Waals surface area contributed by atoms with Gasteiger partial charge in [-0.2, -0.15) is 9.37 Å². The SMILES string of the molecule is C\C=C(/C=C(F)\C(F)=C\F)Cn1cc(F)c(=O)nc1C. The topological polar surface area (TPSA) is 34.9 Å². The van der Waals surface area contributed by atoms with Crippen LogP contribution in [-0.4, -0.2) is 9.55 Å². The first-order valence-corrected chi connectivity index (χ1v) is 5.61. The monoisotopic (exact) mass is 288 g/mol. The van der Waals surface area contributed by atoms with Crippen LogP contribution in [0.25, 0.3) is 0 Å². The molecule has 0 aliphatic carbocycles. The van der Waals surface area contributed by atoms with Crippen molar-refractivity contribution in [1.29, 1.82) is 0 Å². The van der Waals surface area contributed by atoms with Crippen LogP contribution < -0.4 is 5.56 Å². The van der Waals surface area contributed by atoms with Crippen molar-refractivity contribution in [3.8, 4) is 0 Å². The average Bonchev–Trinajstić information content (AvgIpc) is 2.42. The summed E-state index contributed by atoms with van der Waals surface area (Å²) in [7, 11) is 0. The quantitative estimate of drug-likeness (QED) is 0.629. The molecule has 1 aromatic rings. The zero-order valence-corrected chi connectivity index (χ0v) is 10.8. The van der Waals surface area contributed by atoms with Crippen LogP contribution in [0.5, 0.6) is 0 Å². The van der Waals surface area contributed by atoms with Crippen molar-refractivity contribution in [2.75, 3.05) is 0 Å². The Hall–Kier alpha value is -2.18. The number of nitrogens with zero attached hydrogens (tertiary/aromatic N) is 2. The van der Waals surface area contributed by atoms with E-state index >= 15 is 0 Å². The fourth-order valence-corrected chi connectivity index (χ4v) is 1.41. The Morgan fingerprint density at radius 3 is 2.60 bits per heavy atom. The van der Waals surface area contributed by atoms with E-state index in [4.69, 9.17) is 0 Å². The Labute approximate surface area is 112 Å². The third kappa shape index (κ3) is 3.91. The van der Waals surface area contributed by atoms with Crippen molar-refractivity contribution in [1.82, 2.24) is 9.55 Å². The Morgan fingerprint density at radius 1 is 1.40 bits per heavy atom. The van der Waals surface area contributed by atoms with E-state index in [2.05, 4.69) is 4.98 Å². The number of rotatable bonds is 4. The molecule has 0 aliphatic rings. The third-order valence-electron chi connectivity index (χ3n) is 2.51. The van der Waals surface area contributed by atoms with Crippen molar-refractivity contribution in [3.05, 3.63) is 63.9 Å². The fourth-order valence-electron chi connectivity index (χ4n) is 1.41. The number of aryl methyl sites for hydroxylation is 1. The molecule has 0 radical (unpaired) electrons. The summed E-state index contributed by atoms with van der Waals surface area (Å²) in [5.74, 6) is -3.85. The number of hydrogen-bond donors (Lipinski definition) is 0. The predicted molar refractivity (Wildman–Crippen MR) is 66.4 cm³/mol. The van der Waals surface area contributed by atoms with E-state index in [1.54, 1.807) is 6.92 Å². The smallest absolute Gasteiger partial charge is 0.308 e. The Balaban J connectivity index is 3.08. The summed E-state index contributed by atoms with van der Waals surface area (Å²) < 4.78 is 52.1. The molecule has 1 aromatic heterocycles. The zero-order chi connectivity index (χ0) is 15.3. The first kappa shape index (κ1) is 15.9. The van der Waals surface area contributed by atoms with Crippen LogP contribution in [0, 0.1) is 12.7 Å². The van der Waals surface area contributed by atoms with Gasteiger partial charge >= 0.3 is 5.56 Å². The lowest BCUT2D eigenvalue weighted by Crippen LogP contribution is -2.19. The molecule has 0 spiro atoms. The van der Waals surface area contributed by atoms with Crippen molar-refractivity contribution in [2.24, 2.45) is 0 Å². The molecule has 3 nitrogen and oxygen atoms in total. The van der Waals surface area contributed by atoms with Gasteiger partial charge in [0, 0.05) is 12.7 Å². The Kier molecular flexibility index (Phi) is 5.42. The molecule has 0 saturated carbocycles. The van der Waals surface area contributed by atoms with Gasteiger partial charge in [-0.25, -0.2) is 13.2 Å². The molecule has 0 fully saturated rings. The average molecular weight is 288 g/mol. The highest BCUT2D eigenvalue weighted by Gasteiger charge is 2.08. The highest BCUT2D eigenvalue weighted by molar-refractivity contribution is 5.28. The van der Waals surface area contributed by atoms with E-state index in [0.717, 1.165) is 12.3 Å². The maximum atomic E-state index is 13.2. The lowest BCUT2D eigenvalue weighted by molar-refractivity contribution is 0.518. The van der Waals surface area contributed by atoms with Crippen LogP contribution in [0.15, 0.2) is 46.7 Å². The molecular weight excluding hydrogens is 276 g/mol. The molecule has 7 heteroatoms. The van der Waals surface area contributed by atoms with Crippen LogP contribution in [-0.2, 0) is 6.54 Å². The summed E-state index contributed by atoms with van der Waals surface area (Å²) in [5, 5.41) is 0. The second-order valence-electron chi connectivity index (χ2n) is 3.88. The molecule has 1 heterocycles. The lowest BCUT2D eigenvalue weighted by Gasteiger charge is -2.10. The van der Waals surface area contributed by atoms with Crippen LogP contribution >= 0.6 is 0 Å². The van der Waals surface area contributed by atoms with E-state index in [0.29, 0.717) is 0 Å². The molecule has 0 unspecified atom stereocenters. The summed E-state index contributed by atoms with van der Waals surface area (Å²) in [6.45, 7) is 2.98. The van der Waals surface area contributed by atoms with Gasteiger partial charge in [0.2, 0.25) is 5.82 Å². The third-order valence-corrected chi connectivity index (χ3v) is 2.51. The van der Waals surface area contributed by atoms with Gasteiger partial charge in [-0.05, 0) is 25.5 Å². The normalized spacial score (nSPS) is 13.8. The first-order valence-electron chi connectivity index (χ1n) is 5.61. The summed E-state index contributed by atoms with van der Waals surface area (Å²) in [5.41, 5.74) is -0.735. The number of halogens is 4. The van der Waals surface area contributed by atoms with Crippen LogP contribution in [0.4, 0.5) is 17.6 Å². The maximum Gasteiger partial charge on any atom is 0.308 e. The van der Waals surface area contributed by atoms with E-state index < -0.39 is 29.4 Å². The number of allylic oxidation sites excluding steroid dienone is 5. The van der Waals surface area contributed by atoms with E-state index in [-0.39, 0.29) is 17.9 Å². The fraction of sp³-hybridized carbons (Fsp3) is 0.231. The van der Waals surface area contributed by atoms with E-state index in [9.17, 15) is 22.4 Å². The molecule has 1 rings (SSSR count). The Morgan fingerprint density at radius 2 is 2.05 bits per heavy atom. The zero-order valence-electron chi connectivity index (χ0n) is 10.8. The number of hydrogen-bond acceptors (Lipinski definition) is 2. The molecule has 0 saturated heterocycles. The molecule has 108 valence electrons. The first-order chi connectivity index (χ1) is 9.38. The minimum absolute atomic E-state index is 0.0421. The van der Waals surface area contributed by atoms with Crippen LogP contribution in [0.3, 0.4) is 0 Å². The molecule has 0 amide bonds.